The first-order valence-corrected chi connectivity index (χ1v) is 5.75. The van der Waals surface area contributed by atoms with Crippen molar-refractivity contribution < 1.29 is 5.02 Å². The largest absolute Gasteiger partial charge is 0.449 e. The molecular weight excluding hydrogens is 209 g/mol. The summed E-state index contributed by atoms with van der Waals surface area (Å²) < 4.78 is 1.69. The monoisotopic (exact) mass is 221 g/mol. The number of nitrogens with zero attached hydrogens (tertiary/aromatic N) is 3. The average molecular weight is 221 g/mol. The lowest BCUT2D eigenvalue weighted by atomic mass is 9.64. The highest BCUT2D eigenvalue weighted by Crippen LogP contribution is 2.20. The first-order valence-electron chi connectivity index (χ1n) is 4.81. The van der Waals surface area contributed by atoms with Crippen LogP contribution in [-0.4, -0.2) is 26.9 Å². The molecule has 0 amide bonds. The quantitative estimate of drug-likeness (QED) is 0.803. The summed E-state index contributed by atoms with van der Waals surface area (Å²) >= 11 is 1.63. The van der Waals surface area contributed by atoms with Gasteiger partial charge in [0, 0.05) is 10.9 Å². The van der Waals surface area contributed by atoms with E-state index in [4.69, 9.17) is 0 Å². The summed E-state index contributed by atoms with van der Waals surface area (Å²) in [6.45, 7) is 3.23. The number of hydrogen-bond donors (Lipinski definition) is 1. The van der Waals surface area contributed by atoms with Gasteiger partial charge in [0.15, 0.2) is 0 Å². The molecule has 0 fully saturated rings. The molecule has 2 rings (SSSR count). The van der Waals surface area contributed by atoms with E-state index < -0.39 is 6.92 Å². The molecule has 1 atom stereocenters. The van der Waals surface area contributed by atoms with E-state index in [1.54, 1.807) is 22.8 Å². The van der Waals surface area contributed by atoms with Gasteiger partial charge in [0.25, 0.3) is 0 Å². The highest BCUT2D eigenvalue weighted by atomic mass is 32.1. The van der Waals surface area contributed by atoms with Crippen molar-refractivity contribution in [1.82, 2.24) is 15.0 Å². The Morgan fingerprint density at radius 2 is 2.40 bits per heavy atom. The maximum atomic E-state index is 9.43. The van der Waals surface area contributed by atoms with Crippen LogP contribution in [0.4, 0.5) is 0 Å². The minimum absolute atomic E-state index is 0.0510. The lowest BCUT2D eigenvalue weighted by Gasteiger charge is -2.09. The zero-order chi connectivity index (χ0) is 10.8. The van der Waals surface area contributed by atoms with E-state index in [9.17, 15) is 5.02 Å². The molecule has 0 bridgehead atoms. The van der Waals surface area contributed by atoms with Gasteiger partial charge in [0.1, 0.15) is 5.69 Å². The van der Waals surface area contributed by atoms with E-state index in [1.165, 1.54) is 0 Å². The zero-order valence-corrected chi connectivity index (χ0v) is 9.48. The maximum Gasteiger partial charge on any atom is 0.311 e. The maximum absolute atomic E-state index is 9.43. The second kappa shape index (κ2) is 4.16. The predicted molar refractivity (Wildman–Crippen MR) is 61.9 cm³/mol. The van der Waals surface area contributed by atoms with Gasteiger partial charge in [-0.15, -0.1) is 5.10 Å². The third-order valence-corrected chi connectivity index (χ3v) is 3.13. The van der Waals surface area contributed by atoms with E-state index in [1.807, 2.05) is 29.9 Å². The molecule has 0 aliphatic carbocycles. The summed E-state index contributed by atoms with van der Waals surface area (Å²) in [5, 5.41) is 21.5. The van der Waals surface area contributed by atoms with Crippen molar-refractivity contribution in [1.29, 1.82) is 0 Å². The summed E-state index contributed by atoms with van der Waals surface area (Å²) in [5.41, 5.74) is 1.92. The first kappa shape index (κ1) is 10.4. The smallest absolute Gasteiger partial charge is 0.311 e. The van der Waals surface area contributed by atoms with Gasteiger partial charge in [0.2, 0.25) is 0 Å². The second-order valence-electron chi connectivity index (χ2n) is 3.58. The van der Waals surface area contributed by atoms with Crippen LogP contribution in [0.5, 0.6) is 0 Å². The minimum Gasteiger partial charge on any atom is -0.449 e. The van der Waals surface area contributed by atoms with Crippen LogP contribution in [0.15, 0.2) is 23.0 Å². The van der Waals surface area contributed by atoms with Crippen LogP contribution in [0.2, 0.25) is 6.82 Å². The molecule has 1 N–H and O–H groups in total. The van der Waals surface area contributed by atoms with Gasteiger partial charge in [-0.25, -0.2) is 0 Å². The fraction of sp³-hybridized carbons (Fsp3) is 0.333. The minimum atomic E-state index is -0.429. The van der Waals surface area contributed by atoms with E-state index >= 15 is 0 Å². The van der Waals surface area contributed by atoms with Crippen LogP contribution >= 0.6 is 11.3 Å². The Labute approximate surface area is 92.7 Å². The Morgan fingerprint density at radius 1 is 1.60 bits per heavy atom. The first-order chi connectivity index (χ1) is 7.18. The average Bonchev–Trinajstić information content (AvgIpc) is 2.86. The van der Waals surface area contributed by atoms with Gasteiger partial charge in [-0.2, -0.15) is 11.3 Å². The van der Waals surface area contributed by atoms with Crippen molar-refractivity contribution in [3.63, 3.8) is 0 Å². The predicted octanol–water partition coefficient (Wildman–Crippen LogP) is 1.72. The van der Waals surface area contributed by atoms with E-state index in [2.05, 4.69) is 10.3 Å². The van der Waals surface area contributed by atoms with Gasteiger partial charge in [-0.05, 0) is 18.4 Å². The van der Waals surface area contributed by atoms with Gasteiger partial charge >= 0.3 is 6.92 Å². The highest BCUT2D eigenvalue weighted by molar-refractivity contribution is 7.08. The molecule has 78 valence electrons. The van der Waals surface area contributed by atoms with Crippen molar-refractivity contribution in [3.8, 4) is 11.3 Å². The molecule has 2 heterocycles. The molecule has 4 nitrogen and oxygen atoms in total. The van der Waals surface area contributed by atoms with Crippen molar-refractivity contribution in [2.45, 2.75) is 19.7 Å². The lowest BCUT2D eigenvalue weighted by molar-refractivity contribution is 0.494. The summed E-state index contributed by atoms with van der Waals surface area (Å²) in [4.78, 5) is 0. The Hall–Kier alpha value is -1.14. The molecule has 0 saturated carbocycles. The summed E-state index contributed by atoms with van der Waals surface area (Å²) in [6.07, 6.45) is 1.86. The fourth-order valence-corrected chi connectivity index (χ4v) is 1.89. The molecule has 0 spiro atoms. The standard InChI is InChI=1S/C9H12BN3OS/c1-7(10(2)14)13-5-9(11-12-13)8-3-4-15-6-8/h3-7,14H,1-2H3. The molecule has 0 radical (unpaired) electrons. The van der Waals surface area contributed by atoms with Crippen LogP contribution in [0.1, 0.15) is 12.9 Å². The topological polar surface area (TPSA) is 50.9 Å². The van der Waals surface area contributed by atoms with Crippen LogP contribution in [-0.2, 0) is 0 Å². The SMILES string of the molecule is CB(O)C(C)n1cc(-c2ccsc2)nn1. The Morgan fingerprint density at radius 3 is 3.00 bits per heavy atom. The molecule has 0 aliphatic rings. The normalized spacial score (nSPS) is 12.7. The zero-order valence-electron chi connectivity index (χ0n) is 8.66. The van der Waals surface area contributed by atoms with Crippen LogP contribution in [0, 0.1) is 0 Å². The van der Waals surface area contributed by atoms with E-state index in [-0.39, 0.29) is 5.94 Å². The van der Waals surface area contributed by atoms with Gasteiger partial charge in [0.05, 0.1) is 12.1 Å². The summed E-state index contributed by atoms with van der Waals surface area (Å²) in [6, 6.07) is 2.01. The van der Waals surface area contributed by atoms with E-state index in [0.29, 0.717) is 0 Å². The Balaban J connectivity index is 2.25. The molecule has 0 saturated heterocycles. The van der Waals surface area contributed by atoms with Gasteiger partial charge < -0.3 is 5.02 Å². The Bertz CT molecular complexity index is 426. The third-order valence-electron chi connectivity index (χ3n) is 2.44. The van der Waals surface area contributed by atoms with Crippen molar-refractivity contribution in [3.05, 3.63) is 23.0 Å². The molecule has 1 unspecified atom stereocenters. The van der Waals surface area contributed by atoms with Crippen LogP contribution in [0.3, 0.4) is 0 Å². The number of rotatable bonds is 3. The lowest BCUT2D eigenvalue weighted by Crippen LogP contribution is -2.23. The fourth-order valence-electron chi connectivity index (χ4n) is 1.24. The highest BCUT2D eigenvalue weighted by Gasteiger charge is 2.17. The summed E-state index contributed by atoms with van der Waals surface area (Å²) in [7, 11) is 0. The van der Waals surface area contributed by atoms with E-state index in [0.717, 1.165) is 11.3 Å². The van der Waals surface area contributed by atoms with Crippen molar-refractivity contribution in [2.75, 3.05) is 0 Å². The van der Waals surface area contributed by atoms with Crippen molar-refractivity contribution in [2.24, 2.45) is 0 Å². The Kier molecular flexibility index (Phi) is 2.88. The van der Waals surface area contributed by atoms with Crippen LogP contribution < -0.4 is 0 Å². The molecule has 6 heteroatoms. The number of aromatic nitrogens is 3. The molecule has 0 aromatic carbocycles. The molecular formula is C9H12BN3OS. The molecule has 2 aromatic heterocycles. The van der Waals surface area contributed by atoms with Gasteiger partial charge in [-0.3, -0.25) is 4.68 Å². The molecule has 2 aromatic rings. The number of hydrogen-bond acceptors (Lipinski definition) is 4. The third kappa shape index (κ3) is 2.10. The number of thiophene rings is 1. The van der Waals surface area contributed by atoms with Gasteiger partial charge in [-0.1, -0.05) is 12.0 Å². The second-order valence-corrected chi connectivity index (χ2v) is 4.36. The molecule has 0 aliphatic heterocycles. The van der Waals surface area contributed by atoms with Crippen molar-refractivity contribution >= 4 is 18.3 Å². The van der Waals surface area contributed by atoms with Crippen LogP contribution in [0.25, 0.3) is 11.3 Å². The molecule has 15 heavy (non-hydrogen) atoms. The summed E-state index contributed by atoms with van der Waals surface area (Å²) in [5.74, 6) is -0.0510.